The molecule has 1 aromatic carbocycles. The third-order valence-corrected chi connectivity index (χ3v) is 3.87. The number of halogens is 3. The summed E-state index contributed by atoms with van der Waals surface area (Å²) in [4.78, 5) is 4.25. The summed E-state index contributed by atoms with van der Waals surface area (Å²) in [6.07, 6.45) is -4.39. The Balaban J connectivity index is 2.39. The molecule has 2 rings (SSSR count). The second kappa shape index (κ2) is 5.16. The second-order valence-corrected chi connectivity index (χ2v) is 5.88. The zero-order valence-corrected chi connectivity index (χ0v) is 12.3. The van der Waals surface area contributed by atoms with E-state index in [9.17, 15) is 13.2 Å². The molecule has 0 aliphatic heterocycles. The van der Waals surface area contributed by atoms with E-state index in [1.54, 1.807) is 0 Å². The van der Waals surface area contributed by atoms with Gasteiger partial charge in [0, 0.05) is 11.0 Å². The predicted octanol–water partition coefficient (Wildman–Crippen LogP) is 4.69. The lowest BCUT2D eigenvalue weighted by molar-refractivity contribution is -0.137. The number of benzene rings is 1. The van der Waals surface area contributed by atoms with Crippen LogP contribution in [0.15, 0.2) is 28.8 Å². The molecule has 21 heavy (non-hydrogen) atoms. The van der Waals surface area contributed by atoms with Crippen LogP contribution in [0.4, 0.5) is 13.2 Å². The van der Waals surface area contributed by atoms with Crippen molar-refractivity contribution in [1.29, 1.82) is 0 Å². The second-order valence-electron chi connectivity index (χ2n) is 5.88. The fourth-order valence-electron chi connectivity index (χ4n) is 1.68. The summed E-state index contributed by atoms with van der Waals surface area (Å²) in [5.74, 6) is 0.849. The summed E-state index contributed by atoms with van der Waals surface area (Å²) >= 11 is 0. The SMILES string of the molecule is CC(C)C(C)(C)c1nc(-c2cccc(C(F)(F)F)c2)no1. The van der Waals surface area contributed by atoms with Gasteiger partial charge in [-0.15, -0.1) is 0 Å². The van der Waals surface area contributed by atoms with E-state index in [2.05, 4.69) is 10.1 Å². The highest BCUT2D eigenvalue weighted by Gasteiger charge is 2.33. The quantitative estimate of drug-likeness (QED) is 0.825. The zero-order valence-electron chi connectivity index (χ0n) is 12.3. The zero-order chi connectivity index (χ0) is 15.8. The Labute approximate surface area is 121 Å². The number of hydrogen-bond donors (Lipinski definition) is 0. The van der Waals surface area contributed by atoms with Gasteiger partial charge in [-0.3, -0.25) is 0 Å². The topological polar surface area (TPSA) is 38.9 Å². The van der Waals surface area contributed by atoms with Crippen molar-refractivity contribution in [2.45, 2.75) is 39.3 Å². The number of aromatic nitrogens is 2. The summed E-state index contributed by atoms with van der Waals surface area (Å²) in [6.45, 7) is 7.96. The standard InChI is InChI=1S/C15H17F3N2O/c1-9(2)14(3,4)13-19-12(20-21-13)10-6-5-7-11(8-10)15(16,17)18/h5-9H,1-4H3. The van der Waals surface area contributed by atoms with Crippen molar-refractivity contribution in [3.63, 3.8) is 0 Å². The Morgan fingerprint density at radius 2 is 1.81 bits per heavy atom. The first-order valence-electron chi connectivity index (χ1n) is 6.64. The molecular weight excluding hydrogens is 281 g/mol. The van der Waals surface area contributed by atoms with Crippen LogP contribution >= 0.6 is 0 Å². The molecule has 1 aromatic heterocycles. The van der Waals surface area contributed by atoms with Gasteiger partial charge in [-0.25, -0.2) is 0 Å². The lowest BCUT2D eigenvalue weighted by Gasteiger charge is -2.24. The fourth-order valence-corrected chi connectivity index (χ4v) is 1.68. The third-order valence-electron chi connectivity index (χ3n) is 3.87. The molecule has 0 aliphatic rings. The van der Waals surface area contributed by atoms with Gasteiger partial charge in [0.1, 0.15) is 0 Å². The first-order valence-corrected chi connectivity index (χ1v) is 6.64. The molecule has 1 heterocycles. The monoisotopic (exact) mass is 298 g/mol. The lowest BCUT2D eigenvalue weighted by Crippen LogP contribution is -2.24. The summed E-state index contributed by atoms with van der Waals surface area (Å²) in [5.41, 5.74) is -0.777. The van der Waals surface area contributed by atoms with Crippen LogP contribution in [0.1, 0.15) is 39.1 Å². The maximum atomic E-state index is 12.7. The molecule has 0 radical (unpaired) electrons. The van der Waals surface area contributed by atoms with Crippen molar-refractivity contribution in [1.82, 2.24) is 10.1 Å². The normalized spacial score (nSPS) is 13.0. The van der Waals surface area contributed by atoms with E-state index in [1.165, 1.54) is 12.1 Å². The smallest absolute Gasteiger partial charge is 0.338 e. The number of hydrogen-bond acceptors (Lipinski definition) is 3. The average molecular weight is 298 g/mol. The van der Waals surface area contributed by atoms with E-state index in [0.717, 1.165) is 12.1 Å². The summed E-state index contributed by atoms with van der Waals surface area (Å²) in [5, 5.41) is 3.80. The lowest BCUT2D eigenvalue weighted by atomic mass is 9.81. The van der Waals surface area contributed by atoms with Gasteiger partial charge >= 0.3 is 6.18 Å². The first kappa shape index (κ1) is 15.5. The van der Waals surface area contributed by atoms with Crippen LogP contribution in [-0.4, -0.2) is 10.1 Å². The van der Waals surface area contributed by atoms with Crippen LogP contribution in [0.5, 0.6) is 0 Å². The molecule has 0 bridgehead atoms. The minimum atomic E-state index is -4.39. The molecule has 3 nitrogen and oxygen atoms in total. The molecule has 6 heteroatoms. The minimum Gasteiger partial charge on any atom is -0.338 e. The molecule has 0 N–H and O–H groups in total. The molecule has 0 saturated heterocycles. The van der Waals surface area contributed by atoms with Gasteiger partial charge in [-0.05, 0) is 18.1 Å². The van der Waals surface area contributed by atoms with E-state index < -0.39 is 11.7 Å². The highest BCUT2D eigenvalue weighted by Crippen LogP contribution is 2.33. The van der Waals surface area contributed by atoms with E-state index >= 15 is 0 Å². The van der Waals surface area contributed by atoms with Crippen LogP contribution < -0.4 is 0 Å². The Morgan fingerprint density at radius 1 is 1.14 bits per heavy atom. The van der Waals surface area contributed by atoms with Crippen molar-refractivity contribution in [2.24, 2.45) is 5.92 Å². The fraction of sp³-hybridized carbons (Fsp3) is 0.467. The Kier molecular flexibility index (Phi) is 3.82. The third kappa shape index (κ3) is 3.09. The first-order chi connectivity index (χ1) is 9.62. The average Bonchev–Trinajstić information content (AvgIpc) is 2.88. The molecule has 2 aromatic rings. The molecule has 0 amide bonds. The summed E-state index contributed by atoms with van der Waals surface area (Å²) < 4.78 is 43.4. The van der Waals surface area contributed by atoms with Crippen LogP contribution in [-0.2, 0) is 11.6 Å². The van der Waals surface area contributed by atoms with Gasteiger partial charge in [0.05, 0.1) is 5.56 Å². The molecule has 0 atom stereocenters. The molecule has 0 unspecified atom stereocenters. The highest BCUT2D eigenvalue weighted by atomic mass is 19.4. The van der Waals surface area contributed by atoms with E-state index in [-0.39, 0.29) is 17.2 Å². The van der Waals surface area contributed by atoms with Crippen molar-refractivity contribution in [2.75, 3.05) is 0 Å². The van der Waals surface area contributed by atoms with Crippen LogP contribution in [0.3, 0.4) is 0 Å². The van der Waals surface area contributed by atoms with Gasteiger partial charge in [-0.2, -0.15) is 18.2 Å². The Hall–Kier alpha value is -1.85. The number of rotatable bonds is 3. The van der Waals surface area contributed by atoms with Crippen molar-refractivity contribution >= 4 is 0 Å². The highest BCUT2D eigenvalue weighted by molar-refractivity contribution is 5.55. The van der Waals surface area contributed by atoms with E-state index in [4.69, 9.17) is 4.52 Å². The largest absolute Gasteiger partial charge is 0.416 e. The molecule has 114 valence electrons. The summed E-state index contributed by atoms with van der Waals surface area (Å²) in [6, 6.07) is 4.91. The number of alkyl halides is 3. The van der Waals surface area contributed by atoms with Crippen molar-refractivity contribution in [3.8, 4) is 11.4 Å². The predicted molar refractivity (Wildman–Crippen MR) is 72.6 cm³/mol. The van der Waals surface area contributed by atoms with E-state index in [1.807, 2.05) is 27.7 Å². The summed E-state index contributed by atoms with van der Waals surface area (Å²) in [7, 11) is 0. The van der Waals surface area contributed by atoms with Gasteiger partial charge in [0.2, 0.25) is 11.7 Å². The molecule has 0 spiro atoms. The molecule has 0 saturated carbocycles. The Bertz CT molecular complexity index is 630. The molecule has 0 aliphatic carbocycles. The van der Waals surface area contributed by atoms with Gasteiger partial charge in [0.25, 0.3) is 0 Å². The maximum absolute atomic E-state index is 12.7. The van der Waals surface area contributed by atoms with Gasteiger partial charge < -0.3 is 4.52 Å². The van der Waals surface area contributed by atoms with Crippen molar-refractivity contribution in [3.05, 3.63) is 35.7 Å². The molecular formula is C15H17F3N2O. The maximum Gasteiger partial charge on any atom is 0.416 e. The Morgan fingerprint density at radius 3 is 2.38 bits per heavy atom. The van der Waals surface area contributed by atoms with Crippen molar-refractivity contribution < 1.29 is 17.7 Å². The minimum absolute atomic E-state index is 0.171. The van der Waals surface area contributed by atoms with Crippen LogP contribution in [0, 0.1) is 5.92 Å². The van der Waals surface area contributed by atoms with Crippen LogP contribution in [0.2, 0.25) is 0 Å². The van der Waals surface area contributed by atoms with Gasteiger partial charge in [-0.1, -0.05) is 45.0 Å². The van der Waals surface area contributed by atoms with Crippen LogP contribution in [0.25, 0.3) is 11.4 Å². The number of nitrogens with zero attached hydrogens (tertiary/aromatic N) is 2. The molecule has 0 fully saturated rings. The van der Waals surface area contributed by atoms with Gasteiger partial charge in [0.15, 0.2) is 0 Å². The van der Waals surface area contributed by atoms with E-state index in [0.29, 0.717) is 11.5 Å².